The summed E-state index contributed by atoms with van der Waals surface area (Å²) in [5.74, 6) is -0.0872. The summed E-state index contributed by atoms with van der Waals surface area (Å²) in [6, 6.07) is 11.4. The van der Waals surface area contributed by atoms with Gasteiger partial charge in [-0.3, -0.25) is 9.59 Å². The molecule has 6 heteroatoms. The van der Waals surface area contributed by atoms with Gasteiger partial charge in [0.1, 0.15) is 0 Å². The first kappa shape index (κ1) is 17.4. The van der Waals surface area contributed by atoms with Crippen LogP contribution in [0.1, 0.15) is 20.8 Å². The molecular formula is C19H20N2O3S. The Morgan fingerprint density at radius 2 is 2.12 bits per heavy atom. The highest BCUT2D eigenvalue weighted by Gasteiger charge is 2.18. The lowest BCUT2D eigenvalue weighted by Crippen LogP contribution is -2.35. The van der Waals surface area contributed by atoms with Gasteiger partial charge in [0.15, 0.2) is 0 Å². The van der Waals surface area contributed by atoms with Crippen LogP contribution in [0.2, 0.25) is 0 Å². The fraction of sp³-hybridized carbons (Fsp3) is 0.263. The molecule has 0 aliphatic heterocycles. The van der Waals surface area contributed by atoms with Crippen LogP contribution < -0.4 is 5.56 Å². The standard InChI is InChI=1S/C19H20N2O3S/c1-13-5-3-6-14-11-15(18(22)20-17(13)14)12-21(8-9-24-2)19(23)16-7-4-10-25-16/h3-7,10-11H,8-9,12H2,1-2H3,(H,20,22). The molecule has 2 heterocycles. The van der Waals surface area contributed by atoms with Crippen LogP contribution in [-0.4, -0.2) is 36.1 Å². The fourth-order valence-corrected chi connectivity index (χ4v) is 3.45. The lowest BCUT2D eigenvalue weighted by atomic mass is 10.1. The quantitative estimate of drug-likeness (QED) is 0.738. The number of fused-ring (bicyclic) bond motifs is 1. The molecule has 0 radical (unpaired) electrons. The number of aromatic amines is 1. The molecule has 1 aromatic carbocycles. The Kier molecular flexibility index (Phi) is 5.31. The highest BCUT2D eigenvalue weighted by atomic mass is 32.1. The molecule has 3 aromatic rings. The van der Waals surface area contributed by atoms with E-state index in [0.717, 1.165) is 16.5 Å². The first-order chi connectivity index (χ1) is 12.1. The number of hydrogen-bond donors (Lipinski definition) is 1. The molecule has 1 N–H and O–H groups in total. The summed E-state index contributed by atoms with van der Waals surface area (Å²) in [7, 11) is 1.60. The summed E-state index contributed by atoms with van der Waals surface area (Å²) >= 11 is 1.39. The number of aryl methyl sites for hydroxylation is 1. The minimum absolute atomic E-state index is 0.0872. The van der Waals surface area contributed by atoms with Crippen LogP contribution in [0.5, 0.6) is 0 Å². The van der Waals surface area contributed by atoms with Gasteiger partial charge in [0.2, 0.25) is 0 Å². The molecule has 0 saturated carbocycles. The summed E-state index contributed by atoms with van der Waals surface area (Å²) in [6.45, 7) is 3.06. The predicted octanol–water partition coefficient (Wildman–Crippen LogP) is 3.19. The van der Waals surface area contributed by atoms with Crippen LogP contribution in [0.3, 0.4) is 0 Å². The topological polar surface area (TPSA) is 62.4 Å². The zero-order valence-electron chi connectivity index (χ0n) is 14.2. The van der Waals surface area contributed by atoms with Crippen molar-refractivity contribution >= 4 is 28.1 Å². The van der Waals surface area contributed by atoms with Gasteiger partial charge < -0.3 is 14.6 Å². The Morgan fingerprint density at radius 3 is 2.84 bits per heavy atom. The zero-order valence-corrected chi connectivity index (χ0v) is 15.1. The number of hydrogen-bond acceptors (Lipinski definition) is 4. The van der Waals surface area contributed by atoms with E-state index in [4.69, 9.17) is 4.74 Å². The van der Waals surface area contributed by atoms with Gasteiger partial charge >= 0.3 is 0 Å². The minimum atomic E-state index is -0.164. The minimum Gasteiger partial charge on any atom is -0.383 e. The number of para-hydroxylation sites is 1. The van der Waals surface area contributed by atoms with Gasteiger partial charge in [-0.05, 0) is 35.4 Å². The number of thiophene rings is 1. The van der Waals surface area contributed by atoms with Crippen LogP contribution >= 0.6 is 11.3 Å². The Morgan fingerprint density at radius 1 is 1.28 bits per heavy atom. The van der Waals surface area contributed by atoms with Crippen LogP contribution in [0.25, 0.3) is 10.9 Å². The number of nitrogens with one attached hydrogen (secondary N) is 1. The number of ether oxygens (including phenoxy) is 1. The number of carbonyl (C=O) groups excluding carboxylic acids is 1. The molecule has 0 unspecified atom stereocenters. The molecule has 0 spiro atoms. The average molecular weight is 356 g/mol. The predicted molar refractivity (Wildman–Crippen MR) is 100 cm³/mol. The molecule has 0 atom stereocenters. The lowest BCUT2D eigenvalue weighted by molar-refractivity contribution is 0.0684. The summed E-state index contributed by atoms with van der Waals surface area (Å²) in [5, 5.41) is 2.83. The zero-order chi connectivity index (χ0) is 17.8. The van der Waals surface area contributed by atoms with Crippen molar-refractivity contribution in [1.82, 2.24) is 9.88 Å². The third kappa shape index (κ3) is 3.81. The number of aromatic nitrogens is 1. The summed E-state index contributed by atoms with van der Waals surface area (Å²) in [4.78, 5) is 30.4. The molecule has 5 nitrogen and oxygen atoms in total. The number of amides is 1. The highest BCUT2D eigenvalue weighted by molar-refractivity contribution is 7.12. The van der Waals surface area contributed by atoms with Crippen molar-refractivity contribution in [3.8, 4) is 0 Å². The number of carbonyl (C=O) groups is 1. The number of benzene rings is 1. The maximum atomic E-state index is 12.7. The van der Waals surface area contributed by atoms with Gasteiger partial charge in [0, 0.05) is 19.2 Å². The van der Waals surface area contributed by atoms with E-state index in [1.807, 2.05) is 42.6 Å². The van der Waals surface area contributed by atoms with E-state index in [-0.39, 0.29) is 18.0 Å². The van der Waals surface area contributed by atoms with Crippen molar-refractivity contribution in [3.63, 3.8) is 0 Å². The molecule has 2 aromatic heterocycles. The van der Waals surface area contributed by atoms with Crippen LogP contribution in [-0.2, 0) is 11.3 Å². The van der Waals surface area contributed by atoms with Crippen LogP contribution in [0.15, 0.2) is 46.6 Å². The largest absolute Gasteiger partial charge is 0.383 e. The third-order valence-electron chi connectivity index (χ3n) is 4.11. The van der Waals surface area contributed by atoms with E-state index < -0.39 is 0 Å². The average Bonchev–Trinajstić information content (AvgIpc) is 3.14. The lowest BCUT2D eigenvalue weighted by Gasteiger charge is -2.21. The van der Waals surface area contributed by atoms with Crippen molar-refractivity contribution in [2.45, 2.75) is 13.5 Å². The van der Waals surface area contributed by atoms with E-state index in [0.29, 0.717) is 23.6 Å². The van der Waals surface area contributed by atoms with E-state index in [1.54, 1.807) is 18.1 Å². The number of pyridine rings is 1. The Labute approximate surface area is 149 Å². The van der Waals surface area contributed by atoms with Gasteiger partial charge in [-0.1, -0.05) is 24.3 Å². The number of H-pyrrole nitrogens is 1. The SMILES string of the molecule is COCCN(Cc1cc2cccc(C)c2[nH]c1=O)C(=O)c1cccs1. The molecule has 130 valence electrons. The van der Waals surface area contributed by atoms with E-state index >= 15 is 0 Å². The van der Waals surface area contributed by atoms with Gasteiger partial charge in [0.25, 0.3) is 11.5 Å². The molecule has 0 fully saturated rings. The molecule has 0 saturated heterocycles. The molecule has 25 heavy (non-hydrogen) atoms. The normalized spacial score (nSPS) is 11.0. The van der Waals surface area contributed by atoms with Crippen LogP contribution in [0, 0.1) is 6.92 Å². The Bertz CT molecular complexity index is 931. The van der Waals surface area contributed by atoms with E-state index in [9.17, 15) is 9.59 Å². The second kappa shape index (κ2) is 7.63. The van der Waals surface area contributed by atoms with Crippen LogP contribution in [0.4, 0.5) is 0 Å². The summed E-state index contributed by atoms with van der Waals surface area (Å²) < 4.78 is 5.12. The van der Waals surface area contributed by atoms with Gasteiger partial charge in [-0.2, -0.15) is 0 Å². The van der Waals surface area contributed by atoms with Crippen molar-refractivity contribution < 1.29 is 9.53 Å². The number of nitrogens with zero attached hydrogens (tertiary/aromatic N) is 1. The summed E-state index contributed by atoms with van der Waals surface area (Å²) in [6.07, 6.45) is 0. The summed E-state index contributed by atoms with van der Waals surface area (Å²) in [5.41, 5.74) is 2.26. The smallest absolute Gasteiger partial charge is 0.264 e. The second-order valence-corrected chi connectivity index (χ2v) is 6.81. The van der Waals surface area contributed by atoms with Crippen molar-refractivity contribution in [1.29, 1.82) is 0 Å². The molecule has 1 amide bonds. The maximum absolute atomic E-state index is 12.7. The third-order valence-corrected chi connectivity index (χ3v) is 4.97. The van der Waals surface area contributed by atoms with E-state index in [2.05, 4.69) is 4.98 Å². The molecule has 3 rings (SSSR count). The number of methoxy groups -OCH3 is 1. The van der Waals surface area contributed by atoms with Gasteiger partial charge in [-0.15, -0.1) is 11.3 Å². The Hall–Kier alpha value is -2.44. The van der Waals surface area contributed by atoms with E-state index in [1.165, 1.54) is 11.3 Å². The number of rotatable bonds is 6. The van der Waals surface area contributed by atoms with Crippen molar-refractivity contribution in [3.05, 3.63) is 68.1 Å². The van der Waals surface area contributed by atoms with Gasteiger partial charge in [-0.25, -0.2) is 0 Å². The maximum Gasteiger partial charge on any atom is 0.264 e. The Balaban J connectivity index is 1.93. The van der Waals surface area contributed by atoms with Crippen molar-refractivity contribution in [2.75, 3.05) is 20.3 Å². The first-order valence-electron chi connectivity index (χ1n) is 8.03. The monoisotopic (exact) mass is 356 g/mol. The highest BCUT2D eigenvalue weighted by Crippen LogP contribution is 2.17. The molecule has 0 aliphatic rings. The van der Waals surface area contributed by atoms with Gasteiger partial charge in [0.05, 0.1) is 23.5 Å². The second-order valence-electron chi connectivity index (χ2n) is 5.86. The first-order valence-corrected chi connectivity index (χ1v) is 8.91. The fourth-order valence-electron chi connectivity index (χ4n) is 2.76. The van der Waals surface area contributed by atoms with Crippen molar-refractivity contribution in [2.24, 2.45) is 0 Å². The molecular weight excluding hydrogens is 336 g/mol. The molecule has 0 bridgehead atoms. The molecule has 0 aliphatic carbocycles.